The van der Waals surface area contributed by atoms with Gasteiger partial charge in [-0.15, -0.1) is 23.2 Å². The predicted octanol–water partition coefficient (Wildman–Crippen LogP) is 5.52. The van der Waals surface area contributed by atoms with Crippen molar-refractivity contribution in [2.24, 2.45) is 0 Å². The van der Waals surface area contributed by atoms with E-state index in [9.17, 15) is 0 Å². The molecule has 2 aromatic carbocycles. The summed E-state index contributed by atoms with van der Waals surface area (Å²) in [6.07, 6.45) is 1.93. The maximum Gasteiger partial charge on any atom is 0.0335 e. The molecule has 0 heterocycles. The number of aryl methyl sites for hydroxylation is 2. The first kappa shape index (κ1) is 16.4. The van der Waals surface area contributed by atoms with Gasteiger partial charge in [-0.2, -0.15) is 0 Å². The lowest BCUT2D eigenvalue weighted by molar-refractivity contribution is 0.533. The molecular weight excluding hydrogens is 299 g/mol. The highest BCUT2D eigenvalue weighted by molar-refractivity contribution is 6.22. The van der Waals surface area contributed by atoms with E-state index in [1.165, 1.54) is 22.3 Å². The summed E-state index contributed by atoms with van der Waals surface area (Å²) in [7, 11) is 0. The van der Waals surface area contributed by atoms with Crippen molar-refractivity contribution in [2.75, 3.05) is 11.8 Å². The molecular formula is C19H22Cl2. The van der Waals surface area contributed by atoms with E-state index in [4.69, 9.17) is 23.2 Å². The van der Waals surface area contributed by atoms with Gasteiger partial charge in [0.2, 0.25) is 0 Å². The van der Waals surface area contributed by atoms with E-state index >= 15 is 0 Å². The quantitative estimate of drug-likeness (QED) is 0.615. The van der Waals surface area contributed by atoms with Crippen LogP contribution in [0.1, 0.15) is 29.2 Å². The van der Waals surface area contributed by atoms with Gasteiger partial charge in [-0.05, 0) is 42.0 Å². The van der Waals surface area contributed by atoms with Crippen LogP contribution in [-0.2, 0) is 18.3 Å². The second-order valence-corrected chi connectivity index (χ2v) is 6.24. The summed E-state index contributed by atoms with van der Waals surface area (Å²) < 4.78 is 0. The van der Waals surface area contributed by atoms with Crippen LogP contribution < -0.4 is 0 Å². The van der Waals surface area contributed by atoms with E-state index in [-0.39, 0.29) is 5.41 Å². The molecule has 0 N–H and O–H groups in total. The van der Waals surface area contributed by atoms with E-state index in [0.717, 1.165) is 12.8 Å². The van der Waals surface area contributed by atoms with Gasteiger partial charge in [-0.1, -0.05) is 55.5 Å². The first-order valence-electron chi connectivity index (χ1n) is 7.41. The normalized spacial score (nSPS) is 11.6. The molecule has 2 heteroatoms. The molecule has 0 aliphatic carbocycles. The van der Waals surface area contributed by atoms with Crippen LogP contribution in [0, 0.1) is 6.92 Å². The first-order valence-corrected chi connectivity index (χ1v) is 8.48. The second kappa shape index (κ2) is 7.33. The topological polar surface area (TPSA) is 0 Å². The van der Waals surface area contributed by atoms with Crippen molar-refractivity contribution in [2.45, 2.75) is 32.1 Å². The van der Waals surface area contributed by atoms with Crippen molar-refractivity contribution in [1.29, 1.82) is 0 Å². The Hall–Kier alpha value is -0.980. The van der Waals surface area contributed by atoms with Gasteiger partial charge in [-0.25, -0.2) is 0 Å². The minimum absolute atomic E-state index is 0.206. The first-order chi connectivity index (χ1) is 10.1. The molecule has 0 amide bonds. The van der Waals surface area contributed by atoms with Crippen molar-refractivity contribution in [3.63, 3.8) is 0 Å². The fourth-order valence-corrected chi connectivity index (χ4v) is 3.58. The van der Waals surface area contributed by atoms with Crippen LogP contribution in [0.4, 0.5) is 0 Å². The molecule has 0 radical (unpaired) electrons. The zero-order valence-electron chi connectivity index (χ0n) is 12.7. The Kier molecular flexibility index (Phi) is 5.72. The lowest BCUT2D eigenvalue weighted by Gasteiger charge is -2.32. The van der Waals surface area contributed by atoms with Crippen LogP contribution >= 0.6 is 23.2 Å². The Morgan fingerprint density at radius 2 is 1.43 bits per heavy atom. The van der Waals surface area contributed by atoms with E-state index < -0.39 is 0 Å². The number of hydrogen-bond acceptors (Lipinski definition) is 0. The maximum absolute atomic E-state index is 6.35. The molecule has 0 saturated carbocycles. The molecule has 0 fully saturated rings. The fraction of sp³-hybridized carbons (Fsp3) is 0.368. The Labute approximate surface area is 138 Å². The third-order valence-electron chi connectivity index (χ3n) is 4.20. The largest absolute Gasteiger partial charge is 0.126 e. The number of halogens is 2. The number of rotatable bonds is 6. The van der Waals surface area contributed by atoms with Crippen molar-refractivity contribution < 1.29 is 0 Å². The van der Waals surface area contributed by atoms with Crippen LogP contribution in [0.2, 0.25) is 0 Å². The number of benzene rings is 2. The van der Waals surface area contributed by atoms with Gasteiger partial charge in [0.25, 0.3) is 0 Å². The van der Waals surface area contributed by atoms with Gasteiger partial charge in [0.1, 0.15) is 0 Å². The molecule has 2 aromatic rings. The van der Waals surface area contributed by atoms with Gasteiger partial charge in [0.05, 0.1) is 0 Å². The zero-order chi connectivity index (χ0) is 15.3. The summed E-state index contributed by atoms with van der Waals surface area (Å²) in [6.45, 7) is 4.30. The standard InChI is InChI=1S/C19H22Cl2/c1-3-16-8-10-17(11-9-16)12-19(13-20,14-21)18-7-5-4-6-15(18)2/h4-11H,3,12-14H2,1-2H3. The predicted molar refractivity (Wildman–Crippen MR) is 93.8 cm³/mol. The van der Waals surface area contributed by atoms with E-state index in [0.29, 0.717) is 11.8 Å². The molecule has 0 aromatic heterocycles. The summed E-state index contributed by atoms with van der Waals surface area (Å²) in [5.41, 5.74) is 4.95. The van der Waals surface area contributed by atoms with Gasteiger partial charge >= 0.3 is 0 Å². The van der Waals surface area contributed by atoms with Crippen LogP contribution in [0.15, 0.2) is 48.5 Å². The summed E-state index contributed by atoms with van der Waals surface area (Å²) >= 11 is 12.7. The number of hydrogen-bond donors (Lipinski definition) is 0. The highest BCUT2D eigenvalue weighted by Crippen LogP contribution is 2.33. The Morgan fingerprint density at radius 3 is 1.95 bits per heavy atom. The Morgan fingerprint density at radius 1 is 0.857 bits per heavy atom. The van der Waals surface area contributed by atoms with Crippen molar-refractivity contribution in [3.05, 3.63) is 70.8 Å². The molecule has 21 heavy (non-hydrogen) atoms. The molecule has 0 unspecified atom stereocenters. The number of alkyl halides is 2. The lowest BCUT2D eigenvalue weighted by Crippen LogP contribution is -2.34. The average molecular weight is 321 g/mol. The molecule has 0 bridgehead atoms. The molecule has 0 atom stereocenters. The van der Waals surface area contributed by atoms with Crippen molar-refractivity contribution in [1.82, 2.24) is 0 Å². The fourth-order valence-electron chi connectivity index (χ4n) is 2.82. The molecule has 0 nitrogen and oxygen atoms in total. The molecule has 2 rings (SSSR count). The van der Waals surface area contributed by atoms with E-state index in [1.54, 1.807) is 0 Å². The SMILES string of the molecule is CCc1ccc(CC(CCl)(CCl)c2ccccc2C)cc1. The molecule has 0 spiro atoms. The van der Waals surface area contributed by atoms with Crippen LogP contribution in [0.5, 0.6) is 0 Å². The van der Waals surface area contributed by atoms with Crippen molar-refractivity contribution >= 4 is 23.2 Å². The Bertz CT molecular complexity index is 568. The third kappa shape index (κ3) is 3.62. The summed E-state index contributed by atoms with van der Waals surface area (Å²) in [5, 5.41) is 0. The van der Waals surface area contributed by atoms with E-state index in [2.05, 4.69) is 62.4 Å². The van der Waals surface area contributed by atoms with Crippen LogP contribution in [-0.4, -0.2) is 11.8 Å². The van der Waals surface area contributed by atoms with E-state index in [1.807, 2.05) is 0 Å². The van der Waals surface area contributed by atoms with Crippen LogP contribution in [0.25, 0.3) is 0 Å². The van der Waals surface area contributed by atoms with Gasteiger partial charge < -0.3 is 0 Å². The molecule has 0 aliphatic rings. The maximum atomic E-state index is 6.35. The Balaban J connectivity index is 2.36. The minimum Gasteiger partial charge on any atom is -0.126 e. The smallest absolute Gasteiger partial charge is 0.0335 e. The highest BCUT2D eigenvalue weighted by Gasteiger charge is 2.32. The van der Waals surface area contributed by atoms with Gasteiger partial charge in [-0.3, -0.25) is 0 Å². The summed E-state index contributed by atoms with van der Waals surface area (Å²) in [5.74, 6) is 1.05. The molecule has 0 saturated heterocycles. The monoisotopic (exact) mass is 320 g/mol. The van der Waals surface area contributed by atoms with Gasteiger partial charge in [0, 0.05) is 17.2 Å². The van der Waals surface area contributed by atoms with Gasteiger partial charge in [0.15, 0.2) is 0 Å². The summed E-state index contributed by atoms with van der Waals surface area (Å²) in [4.78, 5) is 0. The summed E-state index contributed by atoms with van der Waals surface area (Å²) in [6, 6.07) is 17.2. The molecule has 112 valence electrons. The molecule has 0 aliphatic heterocycles. The minimum atomic E-state index is -0.206. The van der Waals surface area contributed by atoms with Crippen molar-refractivity contribution in [3.8, 4) is 0 Å². The highest BCUT2D eigenvalue weighted by atomic mass is 35.5. The second-order valence-electron chi connectivity index (χ2n) is 5.71. The lowest BCUT2D eigenvalue weighted by atomic mass is 9.77. The zero-order valence-corrected chi connectivity index (χ0v) is 14.2. The third-order valence-corrected chi connectivity index (χ3v) is 5.22. The van der Waals surface area contributed by atoms with Crippen LogP contribution in [0.3, 0.4) is 0 Å². The average Bonchev–Trinajstić information content (AvgIpc) is 2.54.